The van der Waals surface area contributed by atoms with Gasteiger partial charge in [0.2, 0.25) is 11.8 Å². The van der Waals surface area contributed by atoms with Crippen molar-refractivity contribution in [3.05, 3.63) is 71.8 Å². The van der Waals surface area contributed by atoms with E-state index in [1.807, 2.05) is 12.1 Å². The first-order valence-corrected chi connectivity index (χ1v) is 12.9. The first kappa shape index (κ1) is 24.5. The zero-order chi connectivity index (χ0) is 24.0. The van der Waals surface area contributed by atoms with Crippen molar-refractivity contribution in [2.75, 3.05) is 13.1 Å². The van der Waals surface area contributed by atoms with E-state index in [1.165, 1.54) is 30.4 Å². The Hall–Kier alpha value is -2.66. The molecule has 34 heavy (non-hydrogen) atoms. The highest BCUT2D eigenvalue weighted by Gasteiger charge is 2.63. The summed E-state index contributed by atoms with van der Waals surface area (Å²) in [6.45, 7) is 0.970. The van der Waals surface area contributed by atoms with Gasteiger partial charge in [-0.1, -0.05) is 79.9 Å². The van der Waals surface area contributed by atoms with Crippen LogP contribution in [0.25, 0.3) is 0 Å². The number of carbonyl (C=O) groups excluding carboxylic acids is 2. The maximum atomic E-state index is 12.6. The average Bonchev–Trinajstić information content (AvgIpc) is 3.13. The Morgan fingerprint density at radius 3 is 2.15 bits per heavy atom. The van der Waals surface area contributed by atoms with E-state index in [1.54, 1.807) is 0 Å². The van der Waals surface area contributed by atoms with Crippen molar-refractivity contribution in [3.63, 3.8) is 0 Å². The van der Waals surface area contributed by atoms with Crippen LogP contribution in [0.5, 0.6) is 0 Å². The molecule has 1 aliphatic heterocycles. The van der Waals surface area contributed by atoms with Crippen LogP contribution in [0.3, 0.4) is 0 Å². The maximum Gasteiger partial charge on any atom is 0.231 e. The molecule has 2 aromatic carbocycles. The smallest absolute Gasteiger partial charge is 0.231 e. The molecule has 1 saturated heterocycles. The van der Waals surface area contributed by atoms with Crippen molar-refractivity contribution >= 4 is 11.8 Å². The Morgan fingerprint density at radius 1 is 0.882 bits per heavy atom. The van der Waals surface area contributed by atoms with E-state index in [4.69, 9.17) is 11.5 Å². The van der Waals surface area contributed by atoms with Crippen molar-refractivity contribution < 1.29 is 9.59 Å². The summed E-state index contributed by atoms with van der Waals surface area (Å²) in [4.78, 5) is 27.2. The average molecular weight is 462 g/mol. The summed E-state index contributed by atoms with van der Waals surface area (Å²) in [5, 5.41) is 0. The molecule has 0 radical (unpaired) electrons. The number of carbonyl (C=O) groups is 2. The topological polar surface area (TPSA) is 89.4 Å². The highest BCUT2D eigenvalue weighted by atomic mass is 16.1. The van der Waals surface area contributed by atoms with Gasteiger partial charge < -0.3 is 11.5 Å². The second-order valence-corrected chi connectivity index (χ2v) is 10.4. The van der Waals surface area contributed by atoms with Gasteiger partial charge in [-0.3, -0.25) is 14.5 Å². The molecule has 4 rings (SSSR count). The number of nitrogens with two attached hydrogens (primary N) is 2. The van der Waals surface area contributed by atoms with Crippen molar-refractivity contribution in [1.82, 2.24) is 4.90 Å². The highest BCUT2D eigenvalue weighted by molar-refractivity contribution is 5.77. The van der Waals surface area contributed by atoms with Crippen LogP contribution in [0.15, 0.2) is 60.7 Å². The normalized spacial score (nSPS) is 25.9. The van der Waals surface area contributed by atoms with Crippen LogP contribution in [-0.2, 0) is 21.5 Å². The quantitative estimate of drug-likeness (QED) is 0.544. The van der Waals surface area contributed by atoms with E-state index in [9.17, 15) is 9.59 Å². The summed E-state index contributed by atoms with van der Waals surface area (Å²) in [6.07, 6.45) is 9.83. The van der Waals surface area contributed by atoms with Crippen molar-refractivity contribution in [2.24, 2.45) is 22.8 Å². The Balaban J connectivity index is 1.81. The maximum absolute atomic E-state index is 12.6. The minimum absolute atomic E-state index is 0.213. The molecule has 1 saturated carbocycles. The Labute approximate surface area is 203 Å². The third kappa shape index (κ3) is 4.76. The van der Waals surface area contributed by atoms with Crippen molar-refractivity contribution in [1.29, 1.82) is 0 Å². The Bertz CT molecular complexity index is 958. The van der Waals surface area contributed by atoms with Crippen LogP contribution in [0.1, 0.15) is 68.9 Å². The lowest BCUT2D eigenvalue weighted by Crippen LogP contribution is -2.59. The van der Waals surface area contributed by atoms with E-state index >= 15 is 0 Å². The van der Waals surface area contributed by atoms with Gasteiger partial charge in [-0.2, -0.15) is 0 Å². The van der Waals surface area contributed by atoms with Crippen LogP contribution in [0.4, 0.5) is 0 Å². The van der Waals surface area contributed by atoms with E-state index in [-0.39, 0.29) is 23.8 Å². The number of hydrogen-bond donors (Lipinski definition) is 2. The molecule has 2 aromatic rings. The summed E-state index contributed by atoms with van der Waals surface area (Å²) < 4.78 is 0. The second-order valence-electron chi connectivity index (χ2n) is 10.4. The van der Waals surface area contributed by atoms with E-state index in [0.29, 0.717) is 12.3 Å². The third-order valence-electron chi connectivity index (χ3n) is 8.40. The summed E-state index contributed by atoms with van der Waals surface area (Å²) in [5.41, 5.74) is 13.5. The molecule has 2 amide bonds. The minimum Gasteiger partial charge on any atom is -0.370 e. The molecule has 4 N–H and O–H groups in total. The summed E-state index contributed by atoms with van der Waals surface area (Å²) in [5.74, 6) is -0.200. The lowest BCUT2D eigenvalue weighted by atomic mass is 9.54. The molecule has 1 aliphatic carbocycles. The molecule has 0 aromatic heterocycles. The van der Waals surface area contributed by atoms with Crippen LogP contribution in [-0.4, -0.2) is 29.8 Å². The van der Waals surface area contributed by atoms with Gasteiger partial charge in [0.25, 0.3) is 0 Å². The van der Waals surface area contributed by atoms with Gasteiger partial charge in [-0.25, -0.2) is 0 Å². The SMILES string of the molecule is NC(=O)CN1CCC(CCCc2ccccc2)(CC(N)=O)C1(c1ccccc1)C1CCCCC1. The van der Waals surface area contributed by atoms with Gasteiger partial charge in [-0.15, -0.1) is 0 Å². The predicted octanol–water partition coefficient (Wildman–Crippen LogP) is 4.54. The van der Waals surface area contributed by atoms with E-state index in [2.05, 4.69) is 53.4 Å². The van der Waals surface area contributed by atoms with Crippen LogP contribution in [0.2, 0.25) is 0 Å². The van der Waals surface area contributed by atoms with Crippen molar-refractivity contribution in [2.45, 2.75) is 69.7 Å². The van der Waals surface area contributed by atoms with Gasteiger partial charge in [0.05, 0.1) is 12.1 Å². The molecule has 0 spiro atoms. The van der Waals surface area contributed by atoms with Gasteiger partial charge in [-0.05, 0) is 55.6 Å². The van der Waals surface area contributed by atoms with Gasteiger partial charge in [0, 0.05) is 18.4 Å². The molecule has 5 heteroatoms. The fourth-order valence-corrected chi connectivity index (χ4v) is 7.31. The van der Waals surface area contributed by atoms with Crippen LogP contribution < -0.4 is 11.5 Å². The molecular formula is C29H39N3O2. The lowest BCUT2D eigenvalue weighted by Gasteiger charge is -2.56. The summed E-state index contributed by atoms with van der Waals surface area (Å²) in [7, 11) is 0. The Kier molecular flexibility index (Phi) is 7.72. The van der Waals surface area contributed by atoms with Crippen molar-refractivity contribution in [3.8, 4) is 0 Å². The zero-order valence-corrected chi connectivity index (χ0v) is 20.3. The zero-order valence-electron chi connectivity index (χ0n) is 20.3. The number of aryl methyl sites for hydroxylation is 1. The van der Waals surface area contributed by atoms with Crippen LogP contribution >= 0.6 is 0 Å². The fraction of sp³-hybridized carbons (Fsp3) is 0.517. The third-order valence-corrected chi connectivity index (χ3v) is 8.40. The number of likely N-dealkylation sites (tertiary alicyclic amines) is 1. The number of hydrogen-bond acceptors (Lipinski definition) is 3. The standard InChI is InChI=1S/C29H39N3O2/c30-26(33)21-28(18-10-13-23-11-4-1-5-12-23)19-20-32(22-27(31)34)29(28,24-14-6-2-7-15-24)25-16-8-3-9-17-25/h1-2,4-7,11-12,14-15,25H,3,8-10,13,16-22H2,(H2,30,33)(H2,31,34). The summed E-state index contributed by atoms with van der Waals surface area (Å²) >= 11 is 0. The number of nitrogens with zero attached hydrogens (tertiary/aromatic N) is 1. The lowest BCUT2D eigenvalue weighted by molar-refractivity contribution is -0.128. The number of amides is 2. The molecule has 2 aliphatic rings. The molecule has 5 nitrogen and oxygen atoms in total. The van der Waals surface area contributed by atoms with Gasteiger partial charge in [0.15, 0.2) is 0 Å². The summed E-state index contributed by atoms with van der Waals surface area (Å²) in [6, 6.07) is 21.1. The molecule has 2 unspecified atom stereocenters. The predicted molar refractivity (Wildman–Crippen MR) is 136 cm³/mol. The monoisotopic (exact) mass is 461 g/mol. The molecule has 2 atom stereocenters. The first-order valence-electron chi connectivity index (χ1n) is 12.9. The van der Waals surface area contributed by atoms with Gasteiger partial charge >= 0.3 is 0 Å². The number of benzene rings is 2. The Morgan fingerprint density at radius 2 is 1.53 bits per heavy atom. The molecule has 182 valence electrons. The molecule has 0 bridgehead atoms. The number of primary amides is 2. The fourth-order valence-electron chi connectivity index (χ4n) is 7.31. The molecule has 2 fully saturated rings. The van der Waals surface area contributed by atoms with Gasteiger partial charge in [0.1, 0.15) is 0 Å². The first-order chi connectivity index (χ1) is 16.5. The second kappa shape index (κ2) is 10.7. The molecular weight excluding hydrogens is 422 g/mol. The highest BCUT2D eigenvalue weighted by Crippen LogP contribution is 2.62. The van der Waals surface area contributed by atoms with E-state index in [0.717, 1.165) is 45.1 Å². The molecule has 1 heterocycles. The number of rotatable bonds is 10. The minimum atomic E-state index is -0.421. The van der Waals surface area contributed by atoms with E-state index < -0.39 is 5.54 Å². The van der Waals surface area contributed by atoms with Crippen LogP contribution in [0, 0.1) is 11.3 Å². The largest absolute Gasteiger partial charge is 0.370 e.